The third-order valence-electron chi connectivity index (χ3n) is 2.84. The summed E-state index contributed by atoms with van der Waals surface area (Å²) < 4.78 is 17.6. The van der Waals surface area contributed by atoms with Crippen LogP contribution in [0.2, 0.25) is 0 Å². The summed E-state index contributed by atoms with van der Waals surface area (Å²) in [6.45, 7) is 0. The third-order valence-corrected chi connectivity index (χ3v) is 2.84. The molecule has 20 heavy (non-hydrogen) atoms. The van der Waals surface area contributed by atoms with Gasteiger partial charge in [-0.1, -0.05) is 12.1 Å². The van der Waals surface area contributed by atoms with Crippen LogP contribution in [0.15, 0.2) is 30.5 Å². The molecule has 0 amide bonds. The minimum Gasteiger partial charge on any atom is -0.467 e. The van der Waals surface area contributed by atoms with Gasteiger partial charge in [-0.3, -0.25) is 5.10 Å². The van der Waals surface area contributed by atoms with E-state index in [4.69, 9.17) is 0 Å². The summed E-state index contributed by atoms with van der Waals surface area (Å²) in [5.41, 5.74) is 0.932. The molecule has 2 rings (SSSR count). The molecule has 0 saturated heterocycles. The number of aliphatic hydroxyl groups is 2. The zero-order valence-electron chi connectivity index (χ0n) is 10.6. The molecule has 0 bridgehead atoms. The number of hydrogen-bond acceptors (Lipinski definition) is 5. The fourth-order valence-corrected chi connectivity index (χ4v) is 1.81. The summed E-state index contributed by atoms with van der Waals surface area (Å²) in [5.74, 6) is -1.42. The molecule has 1 aromatic heterocycles. The number of methoxy groups -OCH3 is 1. The molecule has 0 aliphatic carbocycles. The first-order valence-electron chi connectivity index (χ1n) is 5.77. The summed E-state index contributed by atoms with van der Waals surface area (Å²) in [6.07, 6.45) is -2.01. The highest BCUT2D eigenvalue weighted by Crippen LogP contribution is 2.28. The van der Waals surface area contributed by atoms with E-state index in [2.05, 4.69) is 14.9 Å². The van der Waals surface area contributed by atoms with Crippen LogP contribution >= 0.6 is 0 Å². The Labute approximate surface area is 113 Å². The van der Waals surface area contributed by atoms with Crippen LogP contribution in [-0.4, -0.2) is 39.6 Å². The second-order valence-electron chi connectivity index (χ2n) is 4.12. The van der Waals surface area contributed by atoms with Gasteiger partial charge in [-0.15, -0.1) is 0 Å². The number of nitrogens with zero attached hydrogens (tertiary/aromatic N) is 1. The van der Waals surface area contributed by atoms with Gasteiger partial charge >= 0.3 is 5.97 Å². The molecule has 106 valence electrons. The molecule has 1 aromatic carbocycles. The molecule has 0 aliphatic heterocycles. The summed E-state index contributed by atoms with van der Waals surface area (Å²) in [7, 11) is 1.10. The number of esters is 1. The highest BCUT2D eigenvalue weighted by atomic mass is 19.1. The van der Waals surface area contributed by atoms with Gasteiger partial charge in [-0.2, -0.15) is 5.10 Å². The van der Waals surface area contributed by atoms with Gasteiger partial charge in [0.1, 0.15) is 11.9 Å². The lowest BCUT2D eigenvalue weighted by Crippen LogP contribution is -2.29. The first-order valence-corrected chi connectivity index (χ1v) is 5.77. The van der Waals surface area contributed by atoms with Gasteiger partial charge in [0.25, 0.3) is 0 Å². The number of ether oxygens (including phenoxy) is 1. The number of H-pyrrole nitrogens is 1. The van der Waals surface area contributed by atoms with Crippen LogP contribution < -0.4 is 0 Å². The molecule has 2 aromatic rings. The standard InChI is InChI=1S/C13H13FN2O4/c1-20-13(19)12(18)11(17)9-6-15-16-10(9)7-3-2-4-8(14)5-7/h2-6,11-12,17-18H,1H3,(H,15,16). The summed E-state index contributed by atoms with van der Waals surface area (Å²) in [4.78, 5) is 11.2. The first-order chi connectivity index (χ1) is 9.54. The van der Waals surface area contributed by atoms with Crippen molar-refractivity contribution in [2.45, 2.75) is 12.2 Å². The zero-order valence-corrected chi connectivity index (χ0v) is 10.6. The molecule has 0 radical (unpaired) electrons. The van der Waals surface area contributed by atoms with Crippen LogP contribution in [0.1, 0.15) is 11.7 Å². The Morgan fingerprint density at radius 1 is 1.45 bits per heavy atom. The maximum absolute atomic E-state index is 13.2. The van der Waals surface area contributed by atoms with Crippen LogP contribution in [0, 0.1) is 5.82 Å². The van der Waals surface area contributed by atoms with E-state index in [1.807, 2.05) is 0 Å². The van der Waals surface area contributed by atoms with Crippen molar-refractivity contribution in [3.05, 3.63) is 41.8 Å². The second kappa shape index (κ2) is 5.81. The lowest BCUT2D eigenvalue weighted by Gasteiger charge is -2.15. The number of halogens is 1. The van der Waals surface area contributed by atoms with Crippen LogP contribution in [0.4, 0.5) is 4.39 Å². The van der Waals surface area contributed by atoms with E-state index in [0.717, 1.165) is 7.11 Å². The molecule has 0 fully saturated rings. The molecule has 6 nitrogen and oxygen atoms in total. The van der Waals surface area contributed by atoms with Gasteiger partial charge in [0.05, 0.1) is 19.0 Å². The van der Waals surface area contributed by atoms with Crippen LogP contribution in [0.3, 0.4) is 0 Å². The SMILES string of the molecule is COC(=O)C(O)C(O)c1cn[nH]c1-c1cccc(F)c1. The highest BCUT2D eigenvalue weighted by Gasteiger charge is 2.29. The van der Waals surface area contributed by atoms with Crippen LogP contribution in [0.25, 0.3) is 11.3 Å². The minimum atomic E-state index is -1.75. The highest BCUT2D eigenvalue weighted by molar-refractivity contribution is 5.76. The number of nitrogens with one attached hydrogen (secondary N) is 1. The molecular weight excluding hydrogens is 267 g/mol. The van der Waals surface area contributed by atoms with Gasteiger partial charge in [0.2, 0.25) is 0 Å². The Hall–Kier alpha value is -2.25. The van der Waals surface area contributed by atoms with Crippen molar-refractivity contribution in [2.24, 2.45) is 0 Å². The molecular formula is C13H13FN2O4. The number of aromatic amines is 1. The number of aromatic nitrogens is 2. The van der Waals surface area contributed by atoms with E-state index >= 15 is 0 Å². The monoisotopic (exact) mass is 280 g/mol. The summed E-state index contributed by atoms with van der Waals surface area (Å²) >= 11 is 0. The van der Waals surface area contributed by atoms with Crippen molar-refractivity contribution in [2.75, 3.05) is 7.11 Å². The van der Waals surface area contributed by atoms with Gasteiger partial charge < -0.3 is 14.9 Å². The largest absolute Gasteiger partial charge is 0.467 e. The number of rotatable bonds is 4. The van der Waals surface area contributed by atoms with E-state index in [1.165, 1.54) is 24.4 Å². The molecule has 0 aliphatic rings. The average molecular weight is 280 g/mol. The zero-order chi connectivity index (χ0) is 14.7. The lowest BCUT2D eigenvalue weighted by molar-refractivity contribution is -0.156. The molecule has 3 N–H and O–H groups in total. The Balaban J connectivity index is 2.36. The average Bonchev–Trinajstić information content (AvgIpc) is 2.94. The fourth-order valence-electron chi connectivity index (χ4n) is 1.81. The number of hydrogen-bond donors (Lipinski definition) is 3. The molecule has 7 heteroatoms. The molecule has 2 unspecified atom stereocenters. The third kappa shape index (κ3) is 2.68. The molecule has 0 saturated carbocycles. The van der Waals surface area contributed by atoms with Crippen LogP contribution in [0.5, 0.6) is 0 Å². The quantitative estimate of drug-likeness (QED) is 0.719. The van der Waals surface area contributed by atoms with Gasteiger partial charge in [0, 0.05) is 11.1 Å². The van der Waals surface area contributed by atoms with E-state index in [9.17, 15) is 19.4 Å². The van der Waals surface area contributed by atoms with E-state index in [-0.39, 0.29) is 5.56 Å². The smallest absolute Gasteiger partial charge is 0.337 e. The van der Waals surface area contributed by atoms with Gasteiger partial charge in [-0.25, -0.2) is 9.18 Å². The Bertz CT molecular complexity index is 614. The van der Waals surface area contributed by atoms with Crippen molar-refractivity contribution >= 4 is 5.97 Å². The van der Waals surface area contributed by atoms with Crippen LogP contribution in [-0.2, 0) is 9.53 Å². The maximum Gasteiger partial charge on any atom is 0.337 e. The lowest BCUT2D eigenvalue weighted by atomic mass is 10.0. The Morgan fingerprint density at radius 2 is 2.20 bits per heavy atom. The molecule has 1 heterocycles. The normalized spacial score (nSPS) is 13.8. The van der Waals surface area contributed by atoms with Crippen molar-refractivity contribution in [1.29, 1.82) is 0 Å². The van der Waals surface area contributed by atoms with E-state index in [0.29, 0.717) is 11.3 Å². The predicted octanol–water partition coefficient (Wildman–Crippen LogP) is 0.783. The molecule has 2 atom stereocenters. The number of benzene rings is 1. The second-order valence-corrected chi connectivity index (χ2v) is 4.12. The van der Waals surface area contributed by atoms with E-state index < -0.39 is 24.0 Å². The summed E-state index contributed by atoms with van der Waals surface area (Å²) in [5, 5.41) is 26.0. The topological polar surface area (TPSA) is 95.4 Å². The maximum atomic E-state index is 13.2. The Kier molecular flexibility index (Phi) is 4.11. The van der Waals surface area contributed by atoms with Gasteiger partial charge in [-0.05, 0) is 12.1 Å². The minimum absolute atomic E-state index is 0.175. The van der Waals surface area contributed by atoms with Gasteiger partial charge in [0.15, 0.2) is 6.10 Å². The number of carbonyl (C=O) groups is 1. The van der Waals surface area contributed by atoms with Crippen molar-refractivity contribution in [3.63, 3.8) is 0 Å². The molecule has 0 spiro atoms. The van der Waals surface area contributed by atoms with E-state index in [1.54, 1.807) is 6.07 Å². The number of carbonyl (C=O) groups excluding carboxylic acids is 1. The van der Waals surface area contributed by atoms with Crippen molar-refractivity contribution in [3.8, 4) is 11.3 Å². The first kappa shape index (κ1) is 14.2. The van der Waals surface area contributed by atoms with Crippen molar-refractivity contribution in [1.82, 2.24) is 10.2 Å². The Morgan fingerprint density at radius 3 is 2.85 bits per heavy atom. The summed E-state index contributed by atoms with van der Waals surface area (Å²) in [6, 6.07) is 5.63. The predicted molar refractivity (Wildman–Crippen MR) is 67.0 cm³/mol. The fraction of sp³-hybridized carbons (Fsp3) is 0.231. The number of aliphatic hydroxyl groups excluding tert-OH is 2. The van der Waals surface area contributed by atoms with Crippen molar-refractivity contribution < 1.29 is 24.1 Å².